The van der Waals surface area contributed by atoms with E-state index in [4.69, 9.17) is 5.73 Å². The van der Waals surface area contributed by atoms with Crippen LogP contribution in [0.2, 0.25) is 3.93 Å². The van der Waals surface area contributed by atoms with Crippen molar-refractivity contribution in [3.8, 4) is 0 Å². The molecule has 0 aliphatic heterocycles. The molecule has 0 aliphatic rings. The van der Waals surface area contributed by atoms with Gasteiger partial charge < -0.3 is 0 Å². The van der Waals surface area contributed by atoms with Crippen molar-refractivity contribution in [1.29, 1.82) is 0 Å². The molecule has 2 N–H and O–H groups in total. The molecular formula is C7H16NSn. The van der Waals surface area contributed by atoms with Crippen LogP contribution in [0.5, 0.6) is 0 Å². The van der Waals surface area contributed by atoms with Crippen LogP contribution in [-0.4, -0.2) is 29.1 Å². The van der Waals surface area contributed by atoms with Crippen molar-refractivity contribution in [3.63, 3.8) is 0 Å². The Kier molecular flexibility index (Phi) is 7.45. The Morgan fingerprint density at radius 3 is 2.44 bits per heavy atom. The maximum atomic E-state index is 5.35. The summed E-state index contributed by atoms with van der Waals surface area (Å²) >= 11 is 1.68. The van der Waals surface area contributed by atoms with Gasteiger partial charge >= 0.3 is 71.3 Å². The molecule has 1 unspecified atom stereocenters. The Morgan fingerprint density at radius 1 is 1.33 bits per heavy atom. The number of hydrogen-bond acceptors (Lipinski definition) is 1. The van der Waals surface area contributed by atoms with E-state index in [0.717, 1.165) is 10.5 Å². The molecule has 0 saturated heterocycles. The van der Waals surface area contributed by atoms with Crippen molar-refractivity contribution in [2.24, 2.45) is 5.73 Å². The number of nitrogens with two attached hydrogens (primary N) is 1. The van der Waals surface area contributed by atoms with Crippen LogP contribution in [0.25, 0.3) is 0 Å². The molecular weight excluding hydrogens is 217 g/mol. The first-order chi connectivity index (χ1) is 4.27. The van der Waals surface area contributed by atoms with Gasteiger partial charge in [0, 0.05) is 0 Å². The molecule has 0 fully saturated rings. The first-order valence-corrected chi connectivity index (χ1v) is 5.33. The van der Waals surface area contributed by atoms with E-state index in [1.165, 1.54) is 25.7 Å². The second kappa shape index (κ2) is 6.87. The van der Waals surface area contributed by atoms with E-state index in [2.05, 4.69) is 6.92 Å². The molecule has 0 spiro atoms. The molecule has 0 rings (SSSR count). The van der Waals surface area contributed by atoms with E-state index in [1.54, 1.807) is 22.5 Å². The summed E-state index contributed by atoms with van der Waals surface area (Å²) < 4.78 is 0.954. The molecule has 0 aromatic heterocycles. The Bertz CT molecular complexity index is 54.9. The molecule has 1 nitrogen and oxygen atoms in total. The van der Waals surface area contributed by atoms with Crippen LogP contribution in [0.3, 0.4) is 0 Å². The monoisotopic (exact) mass is 234 g/mol. The van der Waals surface area contributed by atoms with Gasteiger partial charge in [-0.1, -0.05) is 0 Å². The van der Waals surface area contributed by atoms with Crippen molar-refractivity contribution < 1.29 is 0 Å². The zero-order valence-electron chi connectivity index (χ0n) is 6.19. The van der Waals surface area contributed by atoms with E-state index >= 15 is 0 Å². The van der Waals surface area contributed by atoms with E-state index < -0.39 is 0 Å². The first kappa shape index (κ1) is 9.76. The van der Waals surface area contributed by atoms with Gasteiger partial charge in [-0.15, -0.1) is 0 Å². The van der Waals surface area contributed by atoms with Crippen LogP contribution in [0.15, 0.2) is 0 Å². The molecule has 0 aliphatic carbocycles. The summed E-state index contributed by atoms with van der Waals surface area (Å²) in [4.78, 5) is 0. The summed E-state index contributed by atoms with van der Waals surface area (Å²) in [6.45, 7) is 3.17. The zero-order valence-corrected chi connectivity index (χ0v) is 9.04. The van der Waals surface area contributed by atoms with Crippen molar-refractivity contribution in [2.45, 2.75) is 36.5 Å². The van der Waals surface area contributed by atoms with Crippen molar-refractivity contribution in [3.05, 3.63) is 0 Å². The van der Waals surface area contributed by atoms with Gasteiger partial charge in [0.2, 0.25) is 0 Å². The molecule has 2 heteroatoms. The Morgan fingerprint density at radius 2 is 2.00 bits per heavy atom. The minimum absolute atomic E-state index is 0.867. The van der Waals surface area contributed by atoms with Gasteiger partial charge in [-0.05, 0) is 0 Å². The second-order valence-corrected chi connectivity index (χ2v) is 5.35. The van der Waals surface area contributed by atoms with Gasteiger partial charge in [0.1, 0.15) is 0 Å². The summed E-state index contributed by atoms with van der Waals surface area (Å²) in [7, 11) is 0. The fourth-order valence-electron chi connectivity index (χ4n) is 0.772. The van der Waals surface area contributed by atoms with E-state index in [9.17, 15) is 0 Å². The van der Waals surface area contributed by atoms with Crippen LogP contribution in [0.4, 0.5) is 0 Å². The van der Waals surface area contributed by atoms with Crippen molar-refractivity contribution >= 4 is 22.5 Å². The van der Waals surface area contributed by atoms with Crippen molar-refractivity contribution in [2.75, 3.05) is 6.54 Å². The Hall–Kier alpha value is 0.759. The first-order valence-electron chi connectivity index (χ1n) is 3.68. The Labute approximate surface area is 71.5 Å². The molecule has 0 heterocycles. The van der Waals surface area contributed by atoms with Crippen LogP contribution in [0.1, 0.15) is 32.6 Å². The molecule has 0 amide bonds. The molecule has 0 bridgehead atoms. The number of hydrogen-bond donors (Lipinski definition) is 1. The molecule has 1 atom stereocenters. The van der Waals surface area contributed by atoms with Gasteiger partial charge in [0.15, 0.2) is 0 Å². The molecule has 9 heavy (non-hydrogen) atoms. The Balaban J connectivity index is 2.75. The number of unbranched alkanes of at least 4 members (excludes halogenated alkanes) is 2. The minimum atomic E-state index is 0.867. The molecule has 3 radical (unpaired) electrons. The summed E-state index contributed by atoms with van der Waals surface area (Å²) in [5.74, 6) is 0. The van der Waals surface area contributed by atoms with Gasteiger partial charge in [-0.2, -0.15) is 0 Å². The van der Waals surface area contributed by atoms with Crippen LogP contribution in [-0.2, 0) is 0 Å². The average Bonchev–Trinajstić information content (AvgIpc) is 1.80. The topological polar surface area (TPSA) is 26.0 Å². The second-order valence-electron chi connectivity index (χ2n) is 2.54. The fraction of sp³-hybridized carbons (Fsp3) is 1.00. The van der Waals surface area contributed by atoms with E-state index in [1.807, 2.05) is 0 Å². The molecule has 53 valence electrons. The van der Waals surface area contributed by atoms with Crippen molar-refractivity contribution in [1.82, 2.24) is 0 Å². The van der Waals surface area contributed by atoms with Gasteiger partial charge in [-0.3, -0.25) is 0 Å². The normalized spacial score (nSPS) is 13.7. The van der Waals surface area contributed by atoms with Crippen LogP contribution >= 0.6 is 0 Å². The SMILES string of the molecule is C[CH]([Sn])CCCCCN. The van der Waals surface area contributed by atoms with E-state index in [0.29, 0.717) is 0 Å². The van der Waals surface area contributed by atoms with Crippen LogP contribution < -0.4 is 5.73 Å². The average molecular weight is 233 g/mol. The van der Waals surface area contributed by atoms with Gasteiger partial charge in [0.05, 0.1) is 0 Å². The number of rotatable bonds is 5. The predicted octanol–water partition coefficient (Wildman–Crippen LogP) is 1.48. The standard InChI is InChI=1S/C7H16N.Sn/c1-2-3-4-5-6-7-8;/h2H,3-8H2,1H3;. The van der Waals surface area contributed by atoms with Crippen LogP contribution in [0, 0.1) is 0 Å². The molecule has 0 saturated carbocycles. The third-order valence-electron chi connectivity index (χ3n) is 1.34. The predicted molar refractivity (Wildman–Crippen MR) is 42.7 cm³/mol. The molecule has 0 aromatic carbocycles. The fourth-order valence-corrected chi connectivity index (χ4v) is 1.35. The zero-order chi connectivity index (χ0) is 7.11. The summed E-state index contributed by atoms with van der Waals surface area (Å²) in [5.41, 5.74) is 5.35. The third-order valence-corrected chi connectivity index (χ3v) is 2.17. The summed E-state index contributed by atoms with van der Waals surface area (Å²) in [6, 6.07) is 0. The molecule has 0 aromatic rings. The summed E-state index contributed by atoms with van der Waals surface area (Å²) in [5, 5.41) is 0. The summed E-state index contributed by atoms with van der Waals surface area (Å²) in [6.07, 6.45) is 5.32. The van der Waals surface area contributed by atoms with Gasteiger partial charge in [0.25, 0.3) is 0 Å². The third kappa shape index (κ3) is 8.76. The quantitative estimate of drug-likeness (QED) is 0.564. The maximum absolute atomic E-state index is 5.35. The van der Waals surface area contributed by atoms with Gasteiger partial charge in [-0.25, -0.2) is 0 Å². The van der Waals surface area contributed by atoms with E-state index in [-0.39, 0.29) is 0 Å².